The molecule has 2 atom stereocenters. The quantitative estimate of drug-likeness (QED) is 0.872. The molecule has 2 unspecified atom stereocenters. The number of thiophene rings is 1. The summed E-state index contributed by atoms with van der Waals surface area (Å²) in [5.74, 6) is 0.137. The number of halogens is 1. The lowest BCUT2D eigenvalue weighted by Crippen LogP contribution is -2.40. The first-order chi connectivity index (χ1) is 8.72. The van der Waals surface area contributed by atoms with Crippen LogP contribution in [0.5, 0.6) is 0 Å². The topological polar surface area (TPSA) is 52.6 Å². The Balaban J connectivity index is 0.00000180. The lowest BCUT2D eigenvalue weighted by atomic mass is 10.1. The molecule has 4 nitrogen and oxygen atoms in total. The molecule has 0 aromatic carbocycles. The van der Waals surface area contributed by atoms with E-state index in [9.17, 15) is 9.90 Å². The van der Waals surface area contributed by atoms with Crippen molar-refractivity contribution >= 4 is 29.7 Å². The number of likely N-dealkylation sites (N-methyl/N-ethyl adjacent to an activating group) is 1. The van der Waals surface area contributed by atoms with Gasteiger partial charge in [0.2, 0.25) is 5.91 Å². The molecule has 0 radical (unpaired) electrons. The first-order valence-corrected chi connectivity index (χ1v) is 7.26. The van der Waals surface area contributed by atoms with E-state index in [0.717, 1.165) is 24.3 Å². The molecule has 19 heavy (non-hydrogen) atoms. The minimum Gasteiger partial charge on any atom is -0.387 e. The van der Waals surface area contributed by atoms with E-state index in [2.05, 4.69) is 5.32 Å². The maximum atomic E-state index is 11.9. The fourth-order valence-corrected chi connectivity index (χ4v) is 3.24. The van der Waals surface area contributed by atoms with Crippen molar-refractivity contribution in [3.8, 4) is 0 Å². The highest BCUT2D eigenvalue weighted by Crippen LogP contribution is 2.29. The molecule has 0 aliphatic carbocycles. The van der Waals surface area contributed by atoms with Gasteiger partial charge in [0, 0.05) is 17.5 Å². The van der Waals surface area contributed by atoms with Crippen molar-refractivity contribution < 1.29 is 9.90 Å². The summed E-state index contributed by atoms with van der Waals surface area (Å²) >= 11 is 1.57. The van der Waals surface area contributed by atoms with E-state index in [1.807, 2.05) is 22.4 Å². The van der Waals surface area contributed by atoms with Gasteiger partial charge in [0.05, 0.1) is 12.6 Å². The van der Waals surface area contributed by atoms with E-state index in [0.29, 0.717) is 13.0 Å². The smallest absolute Gasteiger partial charge is 0.236 e. The molecule has 1 aliphatic heterocycles. The van der Waals surface area contributed by atoms with Crippen LogP contribution in [-0.2, 0) is 4.79 Å². The minimum atomic E-state index is -0.446. The Morgan fingerprint density at radius 1 is 1.68 bits per heavy atom. The average Bonchev–Trinajstić information content (AvgIpc) is 2.99. The van der Waals surface area contributed by atoms with Gasteiger partial charge in [-0.15, -0.1) is 23.7 Å². The molecule has 1 fully saturated rings. The second-order valence-electron chi connectivity index (χ2n) is 4.68. The van der Waals surface area contributed by atoms with Crippen LogP contribution >= 0.6 is 23.7 Å². The average molecular weight is 305 g/mol. The number of rotatable bonds is 5. The zero-order valence-corrected chi connectivity index (χ0v) is 12.7. The molecular weight excluding hydrogens is 284 g/mol. The fraction of sp³-hybridized carbons (Fsp3) is 0.615. The van der Waals surface area contributed by atoms with Crippen LogP contribution in [0.15, 0.2) is 17.5 Å². The van der Waals surface area contributed by atoms with E-state index < -0.39 is 6.10 Å². The third-order valence-electron chi connectivity index (χ3n) is 3.39. The Morgan fingerprint density at radius 3 is 3.11 bits per heavy atom. The summed E-state index contributed by atoms with van der Waals surface area (Å²) in [4.78, 5) is 14.8. The number of hydrogen-bond donors (Lipinski definition) is 2. The minimum absolute atomic E-state index is 0. The van der Waals surface area contributed by atoms with Crippen LogP contribution in [0.3, 0.4) is 0 Å². The highest BCUT2D eigenvalue weighted by Gasteiger charge is 2.30. The number of aliphatic hydroxyl groups excluding tert-OH is 1. The van der Waals surface area contributed by atoms with Crippen molar-refractivity contribution in [2.45, 2.75) is 31.4 Å². The molecule has 2 rings (SSSR count). The highest BCUT2D eigenvalue weighted by atomic mass is 35.5. The Labute approximate surface area is 124 Å². The van der Waals surface area contributed by atoms with Gasteiger partial charge in [0.25, 0.3) is 0 Å². The van der Waals surface area contributed by atoms with Crippen LogP contribution in [0.1, 0.15) is 30.2 Å². The zero-order valence-electron chi connectivity index (χ0n) is 11.0. The summed E-state index contributed by atoms with van der Waals surface area (Å²) in [6, 6.07) is 4.08. The molecule has 1 amide bonds. The molecule has 0 saturated carbocycles. The van der Waals surface area contributed by atoms with Crippen molar-refractivity contribution in [3.63, 3.8) is 0 Å². The van der Waals surface area contributed by atoms with Gasteiger partial charge in [0.1, 0.15) is 0 Å². The maximum Gasteiger partial charge on any atom is 0.236 e. The molecule has 1 aliphatic rings. The standard InChI is InChI=1S/C13H20N2O2S.ClH/c1-14-9-13(17)15-6-2-4-10(15)8-11(16)12-5-3-7-18-12;/h3,5,7,10-11,14,16H,2,4,6,8-9H2,1H3;1H. The normalized spacial score (nSPS) is 20.1. The molecule has 0 spiro atoms. The van der Waals surface area contributed by atoms with Crippen molar-refractivity contribution in [1.82, 2.24) is 10.2 Å². The van der Waals surface area contributed by atoms with E-state index in [-0.39, 0.29) is 24.4 Å². The van der Waals surface area contributed by atoms with Crippen LogP contribution < -0.4 is 5.32 Å². The highest BCUT2D eigenvalue weighted by molar-refractivity contribution is 7.10. The van der Waals surface area contributed by atoms with Crippen molar-refractivity contribution in [1.29, 1.82) is 0 Å². The van der Waals surface area contributed by atoms with Crippen LogP contribution in [0.25, 0.3) is 0 Å². The summed E-state index contributed by atoms with van der Waals surface area (Å²) in [5, 5.41) is 15.0. The molecule has 2 N–H and O–H groups in total. The first kappa shape index (κ1) is 16.4. The summed E-state index contributed by atoms with van der Waals surface area (Å²) in [6.45, 7) is 1.20. The van der Waals surface area contributed by atoms with Gasteiger partial charge in [-0.1, -0.05) is 6.07 Å². The van der Waals surface area contributed by atoms with Crippen molar-refractivity contribution in [2.24, 2.45) is 0 Å². The largest absolute Gasteiger partial charge is 0.387 e. The van der Waals surface area contributed by atoms with Gasteiger partial charge in [0.15, 0.2) is 0 Å². The van der Waals surface area contributed by atoms with E-state index >= 15 is 0 Å². The molecule has 1 aromatic rings. The number of likely N-dealkylation sites (tertiary alicyclic amines) is 1. The number of aliphatic hydroxyl groups is 1. The zero-order chi connectivity index (χ0) is 13.0. The number of amides is 1. The summed E-state index contributed by atoms with van der Waals surface area (Å²) < 4.78 is 0. The molecule has 6 heteroatoms. The second kappa shape index (κ2) is 7.85. The first-order valence-electron chi connectivity index (χ1n) is 6.38. The van der Waals surface area contributed by atoms with Crippen LogP contribution in [0.4, 0.5) is 0 Å². The lowest BCUT2D eigenvalue weighted by Gasteiger charge is -2.26. The van der Waals surface area contributed by atoms with Gasteiger partial charge in [-0.3, -0.25) is 4.79 Å². The van der Waals surface area contributed by atoms with Crippen molar-refractivity contribution in [2.75, 3.05) is 20.1 Å². The van der Waals surface area contributed by atoms with E-state index in [1.54, 1.807) is 18.4 Å². The van der Waals surface area contributed by atoms with E-state index in [4.69, 9.17) is 0 Å². The van der Waals surface area contributed by atoms with Gasteiger partial charge in [-0.25, -0.2) is 0 Å². The molecule has 1 saturated heterocycles. The molecular formula is C13H21ClN2O2S. The van der Waals surface area contributed by atoms with Gasteiger partial charge < -0.3 is 15.3 Å². The van der Waals surface area contributed by atoms with Crippen molar-refractivity contribution in [3.05, 3.63) is 22.4 Å². The predicted octanol–water partition coefficient (Wildman–Crippen LogP) is 1.80. The Morgan fingerprint density at radius 2 is 2.47 bits per heavy atom. The molecule has 0 bridgehead atoms. The number of carbonyl (C=O) groups is 1. The number of hydrogen-bond acceptors (Lipinski definition) is 4. The maximum absolute atomic E-state index is 11.9. The van der Waals surface area contributed by atoms with Gasteiger partial charge in [-0.05, 0) is 37.8 Å². The third-order valence-corrected chi connectivity index (χ3v) is 4.37. The number of nitrogens with zero attached hydrogens (tertiary/aromatic N) is 1. The predicted molar refractivity (Wildman–Crippen MR) is 79.8 cm³/mol. The Hall–Kier alpha value is -0.620. The van der Waals surface area contributed by atoms with Gasteiger partial charge >= 0.3 is 0 Å². The molecule has 108 valence electrons. The SMILES string of the molecule is CNCC(=O)N1CCCC1CC(O)c1cccs1.Cl. The molecule has 1 aromatic heterocycles. The summed E-state index contributed by atoms with van der Waals surface area (Å²) in [6.07, 6.45) is 2.24. The lowest BCUT2D eigenvalue weighted by molar-refractivity contribution is -0.131. The van der Waals surface area contributed by atoms with Crippen LogP contribution in [-0.4, -0.2) is 42.1 Å². The monoisotopic (exact) mass is 304 g/mol. The fourth-order valence-electron chi connectivity index (χ4n) is 2.52. The third kappa shape index (κ3) is 4.18. The Kier molecular flexibility index (Phi) is 6.79. The summed E-state index contributed by atoms with van der Waals surface area (Å²) in [7, 11) is 1.78. The van der Waals surface area contributed by atoms with E-state index in [1.165, 1.54) is 0 Å². The molecule has 2 heterocycles. The summed E-state index contributed by atoms with van der Waals surface area (Å²) in [5.41, 5.74) is 0. The number of nitrogens with one attached hydrogen (secondary N) is 1. The van der Waals surface area contributed by atoms with Crippen LogP contribution in [0.2, 0.25) is 0 Å². The van der Waals surface area contributed by atoms with Crippen LogP contribution in [0, 0.1) is 0 Å². The second-order valence-corrected chi connectivity index (χ2v) is 5.66. The van der Waals surface area contributed by atoms with Gasteiger partial charge in [-0.2, -0.15) is 0 Å². The Bertz CT molecular complexity index is 386. The number of carbonyl (C=O) groups excluding carboxylic acids is 1.